The Morgan fingerprint density at radius 2 is 2.08 bits per heavy atom. The van der Waals surface area contributed by atoms with Gasteiger partial charge in [0.05, 0.1) is 0 Å². The fraction of sp³-hybridized carbons (Fsp3) is 0.818. The lowest BCUT2D eigenvalue weighted by Gasteiger charge is -2.24. The topological polar surface area (TPSA) is 20.2 Å². The Morgan fingerprint density at radius 3 is 2.67 bits per heavy atom. The van der Waals surface area contributed by atoms with Crippen molar-refractivity contribution in [1.82, 2.24) is 0 Å². The molecule has 1 fully saturated rings. The first-order valence-electron chi connectivity index (χ1n) is 5.12. The van der Waals surface area contributed by atoms with E-state index in [1.165, 1.54) is 12.8 Å². The van der Waals surface area contributed by atoms with Gasteiger partial charge in [0.15, 0.2) is 0 Å². The van der Waals surface area contributed by atoms with Crippen molar-refractivity contribution < 1.29 is 5.11 Å². The van der Waals surface area contributed by atoms with Gasteiger partial charge in [0.1, 0.15) is 0 Å². The summed E-state index contributed by atoms with van der Waals surface area (Å²) in [6.45, 7) is 2.74. The van der Waals surface area contributed by atoms with Crippen molar-refractivity contribution in [3.63, 3.8) is 0 Å². The molecule has 0 saturated heterocycles. The van der Waals surface area contributed by atoms with Crippen molar-refractivity contribution in [3.8, 4) is 0 Å². The largest absolute Gasteiger partial charge is 0.396 e. The van der Waals surface area contributed by atoms with E-state index in [0.717, 1.165) is 30.1 Å². The molecular formula is C11H18O. The summed E-state index contributed by atoms with van der Waals surface area (Å²) >= 11 is 0. The average molecular weight is 166 g/mol. The zero-order valence-corrected chi connectivity index (χ0v) is 7.74. The van der Waals surface area contributed by atoms with E-state index < -0.39 is 0 Å². The van der Waals surface area contributed by atoms with Gasteiger partial charge >= 0.3 is 0 Å². The zero-order chi connectivity index (χ0) is 8.55. The van der Waals surface area contributed by atoms with Crippen LogP contribution in [-0.2, 0) is 0 Å². The molecule has 0 aromatic rings. The first-order valence-corrected chi connectivity index (χ1v) is 5.12. The first-order chi connectivity index (χ1) is 5.83. The second-order valence-corrected chi connectivity index (χ2v) is 4.34. The molecule has 1 heteroatoms. The van der Waals surface area contributed by atoms with Gasteiger partial charge in [0.25, 0.3) is 0 Å². The van der Waals surface area contributed by atoms with Crippen LogP contribution in [0.4, 0.5) is 0 Å². The predicted molar refractivity (Wildman–Crippen MR) is 49.7 cm³/mol. The molecular weight excluding hydrogens is 148 g/mol. The summed E-state index contributed by atoms with van der Waals surface area (Å²) in [5, 5.41) is 8.77. The highest BCUT2D eigenvalue weighted by molar-refractivity contribution is 5.12. The van der Waals surface area contributed by atoms with E-state index >= 15 is 0 Å². The summed E-state index contributed by atoms with van der Waals surface area (Å²) in [5.74, 6) is 3.44. The van der Waals surface area contributed by atoms with Crippen LogP contribution in [0.1, 0.15) is 26.2 Å². The maximum atomic E-state index is 8.77. The quantitative estimate of drug-likeness (QED) is 0.637. The maximum absolute atomic E-state index is 8.77. The summed E-state index contributed by atoms with van der Waals surface area (Å²) < 4.78 is 0. The fourth-order valence-corrected chi connectivity index (χ4v) is 2.98. The number of allylic oxidation sites excluding steroid dienone is 2. The second kappa shape index (κ2) is 3.21. The van der Waals surface area contributed by atoms with Crippen molar-refractivity contribution >= 4 is 0 Å². The molecule has 68 valence electrons. The van der Waals surface area contributed by atoms with Crippen LogP contribution < -0.4 is 0 Å². The fourth-order valence-electron chi connectivity index (χ4n) is 2.98. The van der Waals surface area contributed by atoms with Gasteiger partial charge in [-0.15, -0.1) is 0 Å². The number of rotatable bonds is 3. The highest BCUT2D eigenvalue weighted by Gasteiger charge is 2.40. The van der Waals surface area contributed by atoms with Crippen LogP contribution in [0.2, 0.25) is 0 Å². The molecule has 2 bridgehead atoms. The second-order valence-electron chi connectivity index (χ2n) is 4.34. The van der Waals surface area contributed by atoms with E-state index in [4.69, 9.17) is 5.11 Å². The SMILES string of the molecule is CC1C2C=CC(C2)C1CCCO. The van der Waals surface area contributed by atoms with Crippen LogP contribution in [0.25, 0.3) is 0 Å². The predicted octanol–water partition coefficient (Wildman–Crippen LogP) is 2.22. The van der Waals surface area contributed by atoms with Crippen molar-refractivity contribution in [3.05, 3.63) is 12.2 Å². The van der Waals surface area contributed by atoms with Gasteiger partial charge in [0, 0.05) is 6.61 Å². The third-order valence-electron chi connectivity index (χ3n) is 3.75. The standard InChI is InChI=1S/C11H18O/c1-8-9-4-5-10(7-9)11(8)3-2-6-12/h4-5,8-12H,2-3,6-7H2,1H3. The van der Waals surface area contributed by atoms with Crippen LogP contribution in [0.5, 0.6) is 0 Å². The van der Waals surface area contributed by atoms with E-state index in [2.05, 4.69) is 19.1 Å². The van der Waals surface area contributed by atoms with E-state index in [1.807, 2.05) is 0 Å². The molecule has 1 saturated carbocycles. The molecule has 4 atom stereocenters. The van der Waals surface area contributed by atoms with E-state index in [1.54, 1.807) is 0 Å². The van der Waals surface area contributed by atoms with Crippen LogP contribution in [-0.4, -0.2) is 11.7 Å². The van der Waals surface area contributed by atoms with E-state index in [-0.39, 0.29) is 0 Å². The molecule has 2 aliphatic carbocycles. The number of fused-ring (bicyclic) bond motifs is 2. The molecule has 2 rings (SSSR count). The van der Waals surface area contributed by atoms with E-state index in [0.29, 0.717) is 6.61 Å². The molecule has 1 N–H and O–H groups in total. The lowest BCUT2D eigenvalue weighted by Crippen LogP contribution is -2.16. The minimum atomic E-state index is 0.365. The number of hydrogen-bond acceptors (Lipinski definition) is 1. The van der Waals surface area contributed by atoms with Gasteiger partial charge < -0.3 is 5.11 Å². The van der Waals surface area contributed by atoms with Crippen molar-refractivity contribution in [2.75, 3.05) is 6.61 Å². The van der Waals surface area contributed by atoms with Crippen molar-refractivity contribution in [2.45, 2.75) is 26.2 Å². The normalized spacial score (nSPS) is 44.2. The molecule has 4 unspecified atom stereocenters. The molecule has 0 amide bonds. The smallest absolute Gasteiger partial charge is 0.0431 e. The minimum absolute atomic E-state index is 0.365. The van der Waals surface area contributed by atoms with Crippen molar-refractivity contribution in [1.29, 1.82) is 0 Å². The lowest BCUT2D eigenvalue weighted by atomic mass is 9.81. The third kappa shape index (κ3) is 1.20. The monoisotopic (exact) mass is 166 g/mol. The van der Waals surface area contributed by atoms with Gasteiger partial charge in [-0.3, -0.25) is 0 Å². The molecule has 12 heavy (non-hydrogen) atoms. The lowest BCUT2D eigenvalue weighted by molar-refractivity contribution is 0.243. The Balaban J connectivity index is 1.94. The number of aliphatic hydroxyl groups is 1. The van der Waals surface area contributed by atoms with Crippen molar-refractivity contribution in [2.24, 2.45) is 23.7 Å². The van der Waals surface area contributed by atoms with Gasteiger partial charge in [-0.25, -0.2) is 0 Å². The maximum Gasteiger partial charge on any atom is 0.0431 e. The summed E-state index contributed by atoms with van der Waals surface area (Å²) in [4.78, 5) is 0. The minimum Gasteiger partial charge on any atom is -0.396 e. The van der Waals surface area contributed by atoms with Gasteiger partial charge in [-0.1, -0.05) is 19.1 Å². The zero-order valence-electron chi connectivity index (χ0n) is 7.74. The third-order valence-corrected chi connectivity index (χ3v) is 3.75. The van der Waals surface area contributed by atoms with Crippen LogP contribution in [0.3, 0.4) is 0 Å². The van der Waals surface area contributed by atoms with Gasteiger partial charge in [-0.05, 0) is 42.9 Å². The summed E-state index contributed by atoms with van der Waals surface area (Å²) in [6.07, 6.45) is 8.39. The van der Waals surface area contributed by atoms with Gasteiger partial charge in [0.2, 0.25) is 0 Å². The van der Waals surface area contributed by atoms with E-state index in [9.17, 15) is 0 Å². The molecule has 0 heterocycles. The Hall–Kier alpha value is -0.300. The Labute approximate surface area is 74.5 Å². The highest BCUT2D eigenvalue weighted by Crippen LogP contribution is 2.49. The summed E-state index contributed by atoms with van der Waals surface area (Å²) in [5.41, 5.74) is 0. The highest BCUT2D eigenvalue weighted by atomic mass is 16.2. The Kier molecular flexibility index (Phi) is 2.22. The first kappa shape index (κ1) is 8.31. The molecule has 0 spiro atoms. The molecule has 1 nitrogen and oxygen atoms in total. The molecule has 0 aromatic heterocycles. The molecule has 0 radical (unpaired) electrons. The molecule has 2 aliphatic rings. The summed E-state index contributed by atoms with van der Waals surface area (Å²) in [7, 11) is 0. The van der Waals surface area contributed by atoms with Gasteiger partial charge in [-0.2, -0.15) is 0 Å². The molecule has 0 aromatic carbocycles. The van der Waals surface area contributed by atoms with Crippen LogP contribution in [0, 0.1) is 23.7 Å². The average Bonchev–Trinajstić information content (AvgIpc) is 2.62. The Morgan fingerprint density at radius 1 is 1.33 bits per heavy atom. The Bertz CT molecular complexity index is 185. The summed E-state index contributed by atoms with van der Waals surface area (Å²) in [6, 6.07) is 0. The van der Waals surface area contributed by atoms with Crippen LogP contribution in [0.15, 0.2) is 12.2 Å². The molecule has 0 aliphatic heterocycles. The van der Waals surface area contributed by atoms with Crippen LogP contribution >= 0.6 is 0 Å². The number of aliphatic hydroxyl groups excluding tert-OH is 1. The number of hydrogen-bond donors (Lipinski definition) is 1.